The van der Waals surface area contributed by atoms with Gasteiger partial charge in [0.15, 0.2) is 16.3 Å². The fraction of sp³-hybridized carbons (Fsp3) is 0.238. The van der Waals surface area contributed by atoms with Crippen LogP contribution in [-0.4, -0.2) is 31.5 Å². The van der Waals surface area contributed by atoms with Gasteiger partial charge in [-0.1, -0.05) is 23.3 Å². The van der Waals surface area contributed by atoms with Gasteiger partial charge in [0.1, 0.15) is 11.5 Å². The van der Waals surface area contributed by atoms with Crippen LogP contribution in [0.3, 0.4) is 0 Å². The van der Waals surface area contributed by atoms with Gasteiger partial charge in [-0.3, -0.25) is 4.79 Å². The van der Waals surface area contributed by atoms with Gasteiger partial charge < -0.3 is 23.5 Å². The molecule has 0 radical (unpaired) electrons. The minimum Gasteiger partial charge on any atom is -0.497 e. The van der Waals surface area contributed by atoms with E-state index >= 15 is 0 Å². The number of methoxy groups -OCH3 is 2. The van der Waals surface area contributed by atoms with Crippen LogP contribution in [0.2, 0.25) is 0 Å². The SMILES string of the molecule is C#CCn1c(=NC(=O)Cc2ccc(OC)cc2OC)sc2cc3c(cc21)OCO3. The van der Waals surface area contributed by atoms with Gasteiger partial charge in [-0.05, 0) is 6.07 Å². The lowest BCUT2D eigenvalue weighted by Crippen LogP contribution is -2.17. The molecular formula is C21H18N2O5S. The third-order valence-corrected chi connectivity index (χ3v) is 5.52. The lowest BCUT2D eigenvalue weighted by Gasteiger charge is -2.08. The maximum atomic E-state index is 12.7. The molecular weight excluding hydrogens is 392 g/mol. The van der Waals surface area contributed by atoms with Gasteiger partial charge in [0.05, 0.1) is 37.4 Å². The molecule has 1 aliphatic rings. The Bertz CT molecular complexity index is 1200. The van der Waals surface area contributed by atoms with E-state index in [1.807, 2.05) is 16.7 Å². The van der Waals surface area contributed by atoms with Gasteiger partial charge in [0, 0.05) is 23.8 Å². The Hall–Kier alpha value is -3.44. The highest BCUT2D eigenvalue weighted by Crippen LogP contribution is 2.37. The second-order valence-corrected chi connectivity index (χ2v) is 7.22. The minimum atomic E-state index is -0.300. The van der Waals surface area contributed by atoms with Crippen molar-refractivity contribution in [3.63, 3.8) is 0 Å². The Morgan fingerprint density at radius 2 is 2.03 bits per heavy atom. The van der Waals surface area contributed by atoms with Crippen molar-refractivity contribution in [3.8, 4) is 35.3 Å². The van der Waals surface area contributed by atoms with Gasteiger partial charge in [0.25, 0.3) is 5.91 Å². The monoisotopic (exact) mass is 410 g/mol. The molecule has 0 bridgehead atoms. The Morgan fingerprint density at radius 3 is 2.76 bits per heavy atom. The van der Waals surface area contributed by atoms with Gasteiger partial charge in [-0.15, -0.1) is 6.42 Å². The Balaban J connectivity index is 1.71. The second kappa shape index (κ2) is 7.89. The van der Waals surface area contributed by atoms with E-state index in [1.165, 1.54) is 11.3 Å². The number of terminal acetylenes is 1. The molecule has 1 aromatic heterocycles. The fourth-order valence-electron chi connectivity index (χ4n) is 3.10. The summed E-state index contributed by atoms with van der Waals surface area (Å²) in [4.78, 5) is 17.5. The highest BCUT2D eigenvalue weighted by molar-refractivity contribution is 7.16. The topological polar surface area (TPSA) is 71.3 Å². The highest BCUT2D eigenvalue weighted by atomic mass is 32.1. The average molecular weight is 410 g/mol. The number of hydrogen-bond acceptors (Lipinski definition) is 6. The van der Waals surface area contributed by atoms with Crippen LogP contribution in [0.15, 0.2) is 35.3 Å². The molecule has 0 fully saturated rings. The summed E-state index contributed by atoms with van der Waals surface area (Å²) < 4.78 is 24.2. The van der Waals surface area contributed by atoms with Gasteiger partial charge in [-0.25, -0.2) is 0 Å². The van der Waals surface area contributed by atoms with Crippen LogP contribution in [-0.2, 0) is 17.8 Å². The number of amides is 1. The lowest BCUT2D eigenvalue weighted by molar-refractivity contribution is -0.117. The molecule has 0 atom stereocenters. The molecule has 8 heteroatoms. The van der Waals surface area contributed by atoms with Crippen molar-refractivity contribution < 1.29 is 23.7 Å². The number of carbonyl (C=O) groups is 1. The first-order valence-electron chi connectivity index (χ1n) is 8.78. The zero-order valence-corrected chi connectivity index (χ0v) is 16.7. The number of rotatable bonds is 5. The van der Waals surface area contributed by atoms with Gasteiger partial charge >= 0.3 is 0 Å². The van der Waals surface area contributed by atoms with Gasteiger partial charge in [-0.2, -0.15) is 4.99 Å². The Morgan fingerprint density at radius 1 is 1.24 bits per heavy atom. The summed E-state index contributed by atoms with van der Waals surface area (Å²) >= 11 is 1.38. The molecule has 148 valence electrons. The Labute approximate surface area is 171 Å². The predicted molar refractivity (Wildman–Crippen MR) is 109 cm³/mol. The van der Waals surface area contributed by atoms with Crippen molar-refractivity contribution in [2.45, 2.75) is 13.0 Å². The van der Waals surface area contributed by atoms with Crippen molar-refractivity contribution >= 4 is 27.5 Å². The smallest absolute Gasteiger partial charge is 0.252 e. The van der Waals surface area contributed by atoms with E-state index in [2.05, 4.69) is 10.9 Å². The number of ether oxygens (including phenoxy) is 4. The third kappa shape index (κ3) is 3.65. The van der Waals surface area contributed by atoms with Crippen molar-refractivity contribution in [2.24, 2.45) is 4.99 Å². The Kier molecular flexibility index (Phi) is 5.14. The molecule has 2 aromatic carbocycles. The molecule has 7 nitrogen and oxygen atoms in total. The number of thiazole rings is 1. The molecule has 4 rings (SSSR count). The number of nitrogens with zero attached hydrogens (tertiary/aromatic N) is 2. The van der Waals surface area contributed by atoms with E-state index in [0.717, 1.165) is 15.8 Å². The summed E-state index contributed by atoms with van der Waals surface area (Å²) in [6.45, 7) is 0.485. The molecule has 3 aromatic rings. The summed E-state index contributed by atoms with van der Waals surface area (Å²) in [6, 6.07) is 9.06. The summed E-state index contributed by atoms with van der Waals surface area (Å²) in [5.74, 6) is 4.88. The number of aromatic nitrogens is 1. The van der Waals surface area contributed by atoms with Crippen LogP contribution < -0.4 is 23.7 Å². The first-order chi connectivity index (χ1) is 14.1. The summed E-state index contributed by atoms with van der Waals surface area (Å²) in [5, 5.41) is 0. The standard InChI is InChI=1S/C21H18N2O5S/c1-4-7-23-15-10-17-18(28-12-27-17)11-19(15)29-21(23)22-20(24)8-13-5-6-14(25-2)9-16(13)26-3/h1,5-6,9-11H,7-8,12H2,2-3H3. The van der Waals surface area contributed by atoms with Crippen molar-refractivity contribution in [2.75, 3.05) is 21.0 Å². The van der Waals surface area contributed by atoms with Crippen LogP contribution >= 0.6 is 11.3 Å². The summed E-state index contributed by atoms with van der Waals surface area (Å²) in [6.07, 6.45) is 5.63. The van der Waals surface area contributed by atoms with Crippen LogP contribution in [0.4, 0.5) is 0 Å². The number of fused-ring (bicyclic) bond motifs is 2. The molecule has 1 aliphatic heterocycles. The van der Waals surface area contributed by atoms with Gasteiger partial charge in [0.2, 0.25) is 6.79 Å². The van der Waals surface area contributed by atoms with Crippen molar-refractivity contribution in [1.82, 2.24) is 4.57 Å². The lowest BCUT2D eigenvalue weighted by atomic mass is 10.1. The quantitative estimate of drug-likeness (QED) is 0.605. The number of hydrogen-bond donors (Lipinski definition) is 0. The number of carbonyl (C=O) groups excluding carboxylic acids is 1. The first kappa shape index (κ1) is 18.9. The van der Waals surface area contributed by atoms with Crippen LogP contribution in [0, 0.1) is 12.3 Å². The first-order valence-corrected chi connectivity index (χ1v) is 9.59. The van der Waals surface area contributed by atoms with Crippen LogP contribution in [0.5, 0.6) is 23.0 Å². The molecule has 2 heterocycles. The summed E-state index contributed by atoms with van der Waals surface area (Å²) in [7, 11) is 3.13. The molecule has 1 amide bonds. The van der Waals surface area contributed by atoms with Crippen LogP contribution in [0.25, 0.3) is 10.2 Å². The molecule has 0 unspecified atom stereocenters. The maximum absolute atomic E-state index is 12.7. The molecule has 0 saturated carbocycles. The maximum Gasteiger partial charge on any atom is 0.252 e. The minimum absolute atomic E-state index is 0.0974. The van der Waals surface area contributed by atoms with Crippen molar-refractivity contribution in [1.29, 1.82) is 0 Å². The van der Waals surface area contributed by atoms with E-state index in [9.17, 15) is 4.79 Å². The molecule has 29 heavy (non-hydrogen) atoms. The zero-order chi connectivity index (χ0) is 20.4. The van der Waals surface area contributed by atoms with Crippen molar-refractivity contribution in [3.05, 3.63) is 40.7 Å². The summed E-state index contributed by atoms with van der Waals surface area (Å²) in [5.41, 5.74) is 1.58. The predicted octanol–water partition coefficient (Wildman–Crippen LogP) is 2.75. The largest absolute Gasteiger partial charge is 0.497 e. The normalized spacial score (nSPS) is 12.8. The second-order valence-electron chi connectivity index (χ2n) is 6.21. The highest BCUT2D eigenvalue weighted by Gasteiger charge is 2.18. The van der Waals surface area contributed by atoms with E-state index in [4.69, 9.17) is 25.4 Å². The number of benzene rings is 2. The van der Waals surface area contributed by atoms with E-state index in [-0.39, 0.29) is 25.7 Å². The fourth-order valence-corrected chi connectivity index (χ4v) is 4.15. The molecule has 0 saturated heterocycles. The molecule has 0 N–H and O–H groups in total. The molecule has 0 spiro atoms. The van der Waals surface area contributed by atoms with E-state index in [0.29, 0.717) is 27.8 Å². The average Bonchev–Trinajstić information content (AvgIpc) is 3.31. The third-order valence-electron chi connectivity index (χ3n) is 4.48. The van der Waals surface area contributed by atoms with E-state index < -0.39 is 0 Å². The molecule has 0 aliphatic carbocycles. The van der Waals surface area contributed by atoms with Crippen LogP contribution in [0.1, 0.15) is 5.56 Å². The zero-order valence-electron chi connectivity index (χ0n) is 15.9. The van der Waals surface area contributed by atoms with E-state index in [1.54, 1.807) is 32.4 Å².